The minimum atomic E-state index is -4.49. The Morgan fingerprint density at radius 3 is 2.62 bits per heavy atom. The predicted octanol–water partition coefficient (Wildman–Crippen LogP) is 4.83. The van der Waals surface area contributed by atoms with Crippen LogP contribution in [-0.4, -0.2) is 33.4 Å². The maximum absolute atomic E-state index is 13.0. The summed E-state index contributed by atoms with van der Waals surface area (Å²) in [5.74, 6) is 0.918. The molecule has 0 amide bonds. The lowest BCUT2D eigenvalue weighted by molar-refractivity contribution is -0.153. The fraction of sp³-hybridized carbons (Fsp3) is 0.333. The molecule has 6 rings (SSSR count). The van der Waals surface area contributed by atoms with Crippen molar-refractivity contribution >= 4 is 11.4 Å². The number of hydrogen-bond donors (Lipinski definition) is 0. The van der Waals surface area contributed by atoms with Gasteiger partial charge in [-0.3, -0.25) is 0 Å². The lowest BCUT2D eigenvalue weighted by Crippen LogP contribution is -2.36. The number of nitrogens with zero attached hydrogens (tertiary/aromatic N) is 2. The summed E-state index contributed by atoms with van der Waals surface area (Å²) in [5, 5.41) is 0. The normalized spacial score (nSPS) is 21.2. The predicted molar refractivity (Wildman–Crippen MR) is 113 cm³/mol. The molecule has 2 aromatic carbocycles. The molecular formula is C24H21F3N2O3. The van der Waals surface area contributed by atoms with Gasteiger partial charge >= 0.3 is 6.18 Å². The molecule has 0 aliphatic carbocycles. The van der Waals surface area contributed by atoms with Crippen LogP contribution >= 0.6 is 0 Å². The third-order valence-electron chi connectivity index (χ3n) is 6.66. The molecule has 0 fully saturated rings. The van der Waals surface area contributed by atoms with Gasteiger partial charge < -0.3 is 23.7 Å². The number of rotatable bonds is 2. The number of furan rings is 1. The molecule has 8 heteroatoms. The second-order valence-electron chi connectivity index (χ2n) is 8.59. The zero-order chi connectivity index (χ0) is 22.1. The summed E-state index contributed by atoms with van der Waals surface area (Å²) in [5.41, 5.74) is 3.80. The highest BCUT2D eigenvalue weighted by atomic mass is 19.4. The molecule has 1 aromatic heterocycles. The first-order valence-electron chi connectivity index (χ1n) is 10.5. The molecule has 3 aliphatic rings. The third-order valence-corrected chi connectivity index (χ3v) is 6.66. The monoisotopic (exact) mass is 442 g/mol. The number of likely N-dealkylation sites (N-methyl/N-ethyl adjacent to an activating group) is 1. The van der Waals surface area contributed by atoms with E-state index in [0.29, 0.717) is 19.8 Å². The number of anilines is 2. The van der Waals surface area contributed by atoms with Crippen LogP contribution in [0.15, 0.2) is 52.9 Å². The van der Waals surface area contributed by atoms with Gasteiger partial charge in [-0.15, -0.1) is 0 Å². The number of fused-ring (bicyclic) bond motifs is 5. The van der Waals surface area contributed by atoms with Crippen molar-refractivity contribution in [2.45, 2.75) is 18.1 Å². The first-order chi connectivity index (χ1) is 15.3. The Morgan fingerprint density at radius 2 is 1.81 bits per heavy atom. The lowest BCUT2D eigenvalue weighted by Gasteiger charge is -2.30. The molecule has 1 unspecified atom stereocenters. The van der Waals surface area contributed by atoms with Crippen LogP contribution in [0.4, 0.5) is 24.5 Å². The molecule has 0 N–H and O–H groups in total. The van der Waals surface area contributed by atoms with Gasteiger partial charge in [-0.05, 0) is 29.8 Å². The van der Waals surface area contributed by atoms with E-state index in [2.05, 4.69) is 21.9 Å². The summed E-state index contributed by atoms with van der Waals surface area (Å²) in [7, 11) is 2.04. The summed E-state index contributed by atoms with van der Waals surface area (Å²) in [6.07, 6.45) is -4.49. The van der Waals surface area contributed by atoms with Crippen LogP contribution < -0.4 is 19.3 Å². The Morgan fingerprint density at radius 1 is 0.969 bits per heavy atom. The summed E-state index contributed by atoms with van der Waals surface area (Å²) < 4.78 is 56.1. The molecule has 0 saturated heterocycles. The van der Waals surface area contributed by atoms with Gasteiger partial charge in [0.2, 0.25) is 5.76 Å². The Balaban J connectivity index is 1.40. The molecule has 0 saturated carbocycles. The van der Waals surface area contributed by atoms with Crippen molar-refractivity contribution in [3.8, 4) is 11.5 Å². The van der Waals surface area contributed by atoms with E-state index in [-0.39, 0.29) is 12.3 Å². The minimum Gasteiger partial charge on any atom is -0.492 e. The van der Waals surface area contributed by atoms with Crippen LogP contribution in [0, 0.1) is 0 Å². The van der Waals surface area contributed by atoms with E-state index in [1.54, 1.807) is 0 Å². The molecule has 1 atom stereocenters. The average molecular weight is 442 g/mol. The van der Waals surface area contributed by atoms with Gasteiger partial charge in [0, 0.05) is 30.9 Å². The van der Waals surface area contributed by atoms with Gasteiger partial charge in [-0.25, -0.2) is 0 Å². The highest BCUT2D eigenvalue weighted by molar-refractivity contribution is 5.73. The molecule has 4 heterocycles. The molecule has 1 spiro atoms. The first-order valence-corrected chi connectivity index (χ1v) is 10.5. The summed E-state index contributed by atoms with van der Waals surface area (Å²) in [6, 6.07) is 14.5. The first kappa shape index (κ1) is 19.4. The number of halogens is 3. The SMILES string of the molecule is CN1CCOc2cc3c(cc21)C1(CO3)CN(Cc2ccc(C(F)(F)F)o2)c2ccccc21. The van der Waals surface area contributed by atoms with Gasteiger partial charge in [0.15, 0.2) is 0 Å². The Kier molecular flexibility index (Phi) is 4.00. The molecule has 5 nitrogen and oxygen atoms in total. The summed E-state index contributed by atoms with van der Waals surface area (Å²) in [6.45, 7) is 2.74. The Bertz CT molecular complexity index is 1210. The van der Waals surface area contributed by atoms with Crippen molar-refractivity contribution in [2.75, 3.05) is 43.2 Å². The number of para-hydroxylation sites is 1. The molecular weight excluding hydrogens is 421 g/mol. The topological polar surface area (TPSA) is 38.1 Å². The highest BCUT2D eigenvalue weighted by Crippen LogP contribution is 2.54. The number of hydrogen-bond acceptors (Lipinski definition) is 5. The van der Waals surface area contributed by atoms with Gasteiger partial charge in [0.25, 0.3) is 0 Å². The van der Waals surface area contributed by atoms with Gasteiger partial charge in [0.05, 0.1) is 24.2 Å². The highest BCUT2D eigenvalue weighted by Gasteiger charge is 2.50. The fourth-order valence-corrected chi connectivity index (χ4v) is 5.10. The minimum absolute atomic E-state index is 0.248. The van der Waals surface area contributed by atoms with Crippen LogP contribution in [0.2, 0.25) is 0 Å². The van der Waals surface area contributed by atoms with E-state index >= 15 is 0 Å². The van der Waals surface area contributed by atoms with Crippen molar-refractivity contribution in [3.63, 3.8) is 0 Å². The molecule has 32 heavy (non-hydrogen) atoms. The zero-order valence-corrected chi connectivity index (χ0v) is 17.4. The second kappa shape index (κ2) is 6.60. The quantitative estimate of drug-likeness (QED) is 0.569. The smallest absolute Gasteiger partial charge is 0.449 e. The largest absolute Gasteiger partial charge is 0.492 e. The van der Waals surface area contributed by atoms with Crippen molar-refractivity contribution in [1.29, 1.82) is 0 Å². The van der Waals surface area contributed by atoms with Crippen molar-refractivity contribution < 1.29 is 27.1 Å². The van der Waals surface area contributed by atoms with Gasteiger partial charge in [-0.2, -0.15) is 13.2 Å². The fourth-order valence-electron chi connectivity index (χ4n) is 5.10. The van der Waals surface area contributed by atoms with E-state index in [0.717, 1.165) is 46.6 Å². The van der Waals surface area contributed by atoms with E-state index in [4.69, 9.17) is 13.9 Å². The standard InChI is InChI=1S/C24H21F3N2O3/c1-28-8-9-30-21-11-20-17(10-19(21)28)23(14-31-20)13-29(18-5-3-2-4-16(18)23)12-15-6-7-22(32-15)24(25,26)27/h2-7,10-11H,8-9,12-14H2,1H3. The van der Waals surface area contributed by atoms with Crippen molar-refractivity contribution in [3.05, 3.63) is 71.2 Å². The molecule has 3 aliphatic heterocycles. The zero-order valence-electron chi connectivity index (χ0n) is 17.4. The molecule has 166 valence electrons. The number of alkyl halides is 3. The molecule has 0 radical (unpaired) electrons. The number of benzene rings is 2. The van der Waals surface area contributed by atoms with Crippen LogP contribution in [-0.2, 0) is 18.1 Å². The second-order valence-corrected chi connectivity index (χ2v) is 8.59. The van der Waals surface area contributed by atoms with Gasteiger partial charge in [-0.1, -0.05) is 18.2 Å². The summed E-state index contributed by atoms with van der Waals surface area (Å²) in [4.78, 5) is 4.25. The van der Waals surface area contributed by atoms with Crippen molar-refractivity contribution in [1.82, 2.24) is 0 Å². The van der Waals surface area contributed by atoms with E-state index in [1.807, 2.05) is 31.3 Å². The van der Waals surface area contributed by atoms with Crippen LogP contribution in [0.25, 0.3) is 0 Å². The lowest BCUT2D eigenvalue weighted by atomic mass is 9.77. The van der Waals surface area contributed by atoms with Crippen LogP contribution in [0.5, 0.6) is 11.5 Å². The van der Waals surface area contributed by atoms with Gasteiger partial charge in [0.1, 0.15) is 30.5 Å². The Labute approximate surface area is 182 Å². The van der Waals surface area contributed by atoms with Crippen molar-refractivity contribution in [2.24, 2.45) is 0 Å². The molecule has 3 aromatic rings. The molecule has 0 bridgehead atoms. The van der Waals surface area contributed by atoms with Crippen LogP contribution in [0.1, 0.15) is 22.6 Å². The Hall–Kier alpha value is -3.29. The van der Waals surface area contributed by atoms with E-state index < -0.39 is 17.4 Å². The summed E-state index contributed by atoms with van der Waals surface area (Å²) >= 11 is 0. The maximum Gasteiger partial charge on any atom is 0.449 e. The van der Waals surface area contributed by atoms with E-state index in [9.17, 15) is 13.2 Å². The van der Waals surface area contributed by atoms with Crippen LogP contribution in [0.3, 0.4) is 0 Å². The third kappa shape index (κ3) is 2.78. The van der Waals surface area contributed by atoms with E-state index in [1.165, 1.54) is 6.07 Å². The maximum atomic E-state index is 13.0. The number of ether oxygens (including phenoxy) is 2. The average Bonchev–Trinajstić information content (AvgIpc) is 3.46.